The minimum atomic E-state index is -0.0502. The van der Waals surface area contributed by atoms with Gasteiger partial charge in [0.25, 0.3) is 0 Å². The Hall–Kier alpha value is -4.18. The number of para-hydroxylation sites is 3. The number of furan rings is 2. The summed E-state index contributed by atoms with van der Waals surface area (Å²) in [5, 5.41) is 2.20. The Kier molecular flexibility index (Phi) is 3.64. The second-order valence-electron chi connectivity index (χ2n) is 8.14. The predicted octanol–water partition coefficient (Wildman–Crippen LogP) is 6.10. The molecule has 6 aromatic rings. The van der Waals surface area contributed by atoms with Crippen LogP contribution in [0.1, 0.15) is 0 Å². The zero-order chi connectivity index (χ0) is 21.1. The van der Waals surface area contributed by atoms with Crippen LogP contribution in [-0.4, -0.2) is 6.85 Å². The highest BCUT2D eigenvalue weighted by atomic mass is 16.4. The molecule has 0 amide bonds. The normalized spacial score (nSPS) is 12.9. The Morgan fingerprint density at radius 3 is 1.84 bits per heavy atom. The highest BCUT2D eigenvalue weighted by molar-refractivity contribution is 6.92. The average molecular weight is 411 g/mol. The number of anilines is 2. The van der Waals surface area contributed by atoms with Crippen molar-refractivity contribution in [1.82, 2.24) is 0 Å². The van der Waals surface area contributed by atoms with Gasteiger partial charge in [-0.3, -0.25) is 0 Å². The second kappa shape index (κ2) is 6.66. The zero-order valence-electron chi connectivity index (χ0n) is 17.2. The lowest BCUT2D eigenvalue weighted by Gasteiger charge is -2.35. The van der Waals surface area contributed by atoms with Gasteiger partial charge in [0.2, 0.25) is 0 Å². The number of nitrogens with zero attached hydrogens (tertiary/aromatic N) is 1. The molecule has 1 aliphatic heterocycles. The SMILES string of the molecule is c1ccc(B2c3c(oc4ccccc34)-c3oc4ccccc4c3N2c2ccccc2)cc1. The monoisotopic (exact) mass is 411 g/mol. The molecule has 2 aromatic heterocycles. The first-order valence-corrected chi connectivity index (χ1v) is 10.8. The Morgan fingerprint density at radius 2 is 1.09 bits per heavy atom. The van der Waals surface area contributed by atoms with E-state index < -0.39 is 0 Å². The quantitative estimate of drug-likeness (QED) is 0.322. The molecule has 0 saturated heterocycles. The smallest absolute Gasteiger partial charge is 0.332 e. The third-order valence-electron chi connectivity index (χ3n) is 6.33. The van der Waals surface area contributed by atoms with Crippen LogP contribution in [0.25, 0.3) is 33.5 Å². The molecule has 3 heterocycles. The molecule has 0 fully saturated rings. The number of hydrogen-bond acceptors (Lipinski definition) is 3. The molecule has 3 nitrogen and oxygen atoms in total. The highest BCUT2D eigenvalue weighted by Crippen LogP contribution is 2.47. The molecule has 0 saturated carbocycles. The summed E-state index contributed by atoms with van der Waals surface area (Å²) >= 11 is 0. The third kappa shape index (κ3) is 2.38. The van der Waals surface area contributed by atoms with Gasteiger partial charge in [0, 0.05) is 21.9 Å². The lowest BCUT2D eigenvalue weighted by molar-refractivity contribution is 0.570. The van der Waals surface area contributed by atoms with Gasteiger partial charge in [-0.1, -0.05) is 84.3 Å². The Bertz CT molecular complexity index is 1460. The molecule has 7 rings (SSSR count). The number of hydrogen-bond donors (Lipinski definition) is 0. The molecule has 150 valence electrons. The number of rotatable bonds is 2. The van der Waals surface area contributed by atoms with E-state index in [0.29, 0.717) is 0 Å². The Morgan fingerprint density at radius 1 is 0.531 bits per heavy atom. The molecular formula is C28H18BNO2. The fraction of sp³-hybridized carbons (Fsp3) is 0. The summed E-state index contributed by atoms with van der Waals surface area (Å²) in [6.45, 7) is -0.0502. The lowest BCUT2D eigenvalue weighted by atomic mass is 9.46. The molecular weight excluding hydrogens is 393 g/mol. The lowest BCUT2D eigenvalue weighted by Crippen LogP contribution is -2.56. The van der Waals surface area contributed by atoms with E-state index in [0.717, 1.165) is 50.3 Å². The summed E-state index contributed by atoms with van der Waals surface area (Å²) in [7, 11) is 0. The summed E-state index contributed by atoms with van der Waals surface area (Å²) in [5.74, 6) is 1.60. The third-order valence-corrected chi connectivity index (χ3v) is 6.33. The Labute approximate surface area is 185 Å². The van der Waals surface area contributed by atoms with Crippen LogP contribution in [-0.2, 0) is 0 Å². The van der Waals surface area contributed by atoms with Crippen LogP contribution in [0, 0.1) is 0 Å². The molecule has 0 bridgehead atoms. The average Bonchev–Trinajstić information content (AvgIpc) is 3.43. The van der Waals surface area contributed by atoms with E-state index in [4.69, 9.17) is 8.83 Å². The molecule has 4 heteroatoms. The summed E-state index contributed by atoms with van der Waals surface area (Å²) in [6, 6.07) is 37.7. The molecule has 0 aliphatic carbocycles. The van der Waals surface area contributed by atoms with Crippen molar-refractivity contribution >= 4 is 51.1 Å². The van der Waals surface area contributed by atoms with Gasteiger partial charge in [0.15, 0.2) is 11.5 Å². The molecule has 0 N–H and O–H groups in total. The van der Waals surface area contributed by atoms with Crippen molar-refractivity contribution in [1.29, 1.82) is 0 Å². The van der Waals surface area contributed by atoms with Crippen molar-refractivity contribution in [2.45, 2.75) is 0 Å². The first kappa shape index (κ1) is 17.5. The van der Waals surface area contributed by atoms with Gasteiger partial charge >= 0.3 is 6.85 Å². The fourth-order valence-corrected chi connectivity index (χ4v) is 5.01. The summed E-state index contributed by atoms with van der Waals surface area (Å²) in [4.78, 5) is 2.40. The second-order valence-corrected chi connectivity index (χ2v) is 8.14. The van der Waals surface area contributed by atoms with Crippen molar-refractivity contribution < 1.29 is 8.83 Å². The van der Waals surface area contributed by atoms with E-state index in [1.807, 2.05) is 24.3 Å². The molecule has 1 aliphatic rings. The van der Waals surface area contributed by atoms with E-state index in [2.05, 4.69) is 89.7 Å². The predicted molar refractivity (Wildman–Crippen MR) is 131 cm³/mol. The van der Waals surface area contributed by atoms with Gasteiger partial charge in [-0.15, -0.1) is 0 Å². The summed E-state index contributed by atoms with van der Waals surface area (Å²) in [5.41, 5.74) is 6.25. The van der Waals surface area contributed by atoms with Crippen LogP contribution in [0.4, 0.5) is 11.4 Å². The molecule has 4 aromatic carbocycles. The van der Waals surface area contributed by atoms with E-state index in [-0.39, 0.29) is 6.85 Å². The maximum absolute atomic E-state index is 6.46. The van der Waals surface area contributed by atoms with Gasteiger partial charge in [0.1, 0.15) is 11.2 Å². The minimum Gasteiger partial charge on any atom is -0.453 e. The molecule has 0 spiro atoms. The van der Waals surface area contributed by atoms with E-state index in [1.165, 1.54) is 5.46 Å². The van der Waals surface area contributed by atoms with Crippen molar-refractivity contribution in [3.8, 4) is 11.5 Å². The first-order chi connectivity index (χ1) is 15.9. The van der Waals surface area contributed by atoms with Crippen LogP contribution in [0.3, 0.4) is 0 Å². The zero-order valence-corrected chi connectivity index (χ0v) is 17.2. The van der Waals surface area contributed by atoms with Crippen LogP contribution in [0.2, 0.25) is 0 Å². The topological polar surface area (TPSA) is 29.5 Å². The van der Waals surface area contributed by atoms with Crippen molar-refractivity contribution in [3.63, 3.8) is 0 Å². The standard InChI is InChI=1S/C28H18BNO2/c1-3-11-19(12-4-1)29-25-21-15-7-9-17-23(21)31-27(25)28-26(22-16-8-10-18-24(22)32-28)30(29)20-13-5-2-6-14-20/h1-18H. The van der Waals surface area contributed by atoms with Crippen LogP contribution in [0.15, 0.2) is 118 Å². The largest absolute Gasteiger partial charge is 0.453 e. The van der Waals surface area contributed by atoms with Crippen molar-refractivity contribution in [2.24, 2.45) is 0 Å². The molecule has 0 atom stereocenters. The molecule has 32 heavy (non-hydrogen) atoms. The van der Waals surface area contributed by atoms with Crippen LogP contribution in [0.5, 0.6) is 0 Å². The van der Waals surface area contributed by atoms with Gasteiger partial charge in [-0.25, -0.2) is 0 Å². The van der Waals surface area contributed by atoms with Crippen molar-refractivity contribution in [2.75, 3.05) is 4.81 Å². The van der Waals surface area contributed by atoms with E-state index in [1.54, 1.807) is 0 Å². The first-order valence-electron chi connectivity index (χ1n) is 10.8. The summed E-state index contributed by atoms with van der Waals surface area (Å²) < 4.78 is 12.9. The van der Waals surface area contributed by atoms with Gasteiger partial charge < -0.3 is 13.6 Å². The number of benzene rings is 4. The minimum absolute atomic E-state index is 0.0502. The molecule has 0 radical (unpaired) electrons. The van der Waals surface area contributed by atoms with E-state index >= 15 is 0 Å². The summed E-state index contributed by atoms with van der Waals surface area (Å²) in [6.07, 6.45) is 0. The van der Waals surface area contributed by atoms with Crippen LogP contribution < -0.4 is 15.7 Å². The maximum Gasteiger partial charge on any atom is 0.332 e. The maximum atomic E-state index is 6.46. The van der Waals surface area contributed by atoms with Gasteiger partial charge in [-0.2, -0.15) is 0 Å². The highest BCUT2D eigenvalue weighted by Gasteiger charge is 2.43. The van der Waals surface area contributed by atoms with Crippen LogP contribution >= 0.6 is 0 Å². The van der Waals surface area contributed by atoms with Gasteiger partial charge in [-0.05, 0) is 30.3 Å². The van der Waals surface area contributed by atoms with Gasteiger partial charge in [0.05, 0.1) is 5.69 Å². The number of fused-ring (bicyclic) bond motifs is 7. The van der Waals surface area contributed by atoms with Crippen molar-refractivity contribution in [3.05, 3.63) is 109 Å². The fourth-order valence-electron chi connectivity index (χ4n) is 5.01. The molecule has 0 unspecified atom stereocenters. The Balaban J connectivity index is 1.66. The van der Waals surface area contributed by atoms with E-state index in [9.17, 15) is 0 Å².